The van der Waals surface area contributed by atoms with Crippen molar-refractivity contribution in [3.8, 4) is 0 Å². The lowest BCUT2D eigenvalue weighted by atomic mass is 10.1. The molecule has 1 fully saturated rings. The Hall–Kier alpha value is -0.580. The fourth-order valence-electron chi connectivity index (χ4n) is 1.79. The van der Waals surface area contributed by atoms with E-state index in [9.17, 15) is 4.79 Å². The Labute approximate surface area is 106 Å². The summed E-state index contributed by atoms with van der Waals surface area (Å²) in [5, 5.41) is 8.26. The van der Waals surface area contributed by atoms with Gasteiger partial charge in [-0.25, -0.2) is 0 Å². The molecule has 1 aromatic rings. The zero-order chi connectivity index (χ0) is 10.5. The number of rotatable bonds is 4. The lowest BCUT2D eigenvalue weighted by Gasteiger charge is -2.08. The van der Waals surface area contributed by atoms with Gasteiger partial charge in [-0.1, -0.05) is 6.07 Å². The van der Waals surface area contributed by atoms with E-state index >= 15 is 0 Å². The van der Waals surface area contributed by atoms with Crippen LogP contribution in [0.25, 0.3) is 0 Å². The van der Waals surface area contributed by atoms with Gasteiger partial charge in [0, 0.05) is 18.0 Å². The van der Waals surface area contributed by atoms with Crippen molar-refractivity contribution >= 4 is 29.7 Å². The number of thiophene rings is 1. The van der Waals surface area contributed by atoms with E-state index in [0.29, 0.717) is 0 Å². The molecule has 1 aromatic heterocycles. The van der Waals surface area contributed by atoms with E-state index in [4.69, 9.17) is 0 Å². The molecule has 3 nitrogen and oxygen atoms in total. The molecule has 2 N–H and O–H groups in total. The lowest BCUT2D eigenvalue weighted by Crippen LogP contribution is -2.33. The van der Waals surface area contributed by atoms with Crippen LogP contribution in [0.5, 0.6) is 0 Å². The highest BCUT2D eigenvalue weighted by molar-refractivity contribution is 7.09. The molecule has 16 heavy (non-hydrogen) atoms. The van der Waals surface area contributed by atoms with Crippen LogP contribution in [-0.2, 0) is 11.2 Å². The van der Waals surface area contributed by atoms with E-state index in [-0.39, 0.29) is 24.2 Å². The Morgan fingerprint density at radius 2 is 2.50 bits per heavy atom. The van der Waals surface area contributed by atoms with Crippen LogP contribution in [0.1, 0.15) is 11.3 Å². The second kappa shape index (κ2) is 6.89. The van der Waals surface area contributed by atoms with E-state index in [0.717, 1.165) is 32.5 Å². The summed E-state index contributed by atoms with van der Waals surface area (Å²) >= 11 is 1.74. The molecule has 0 aromatic carbocycles. The molecule has 1 atom stereocenters. The Morgan fingerprint density at radius 3 is 3.12 bits per heavy atom. The highest BCUT2D eigenvalue weighted by Gasteiger charge is 2.21. The summed E-state index contributed by atoms with van der Waals surface area (Å²) in [7, 11) is 0. The molecule has 0 aliphatic carbocycles. The minimum Gasteiger partial charge on any atom is -0.355 e. The largest absolute Gasteiger partial charge is 0.355 e. The zero-order valence-corrected chi connectivity index (χ0v) is 10.7. The summed E-state index contributed by atoms with van der Waals surface area (Å²) in [5.74, 6) is 0.393. The SMILES string of the molecule is Cl.O=C(NCCc1cccs1)C1CCNC1. The number of carbonyl (C=O) groups is 1. The summed E-state index contributed by atoms with van der Waals surface area (Å²) in [6, 6.07) is 4.15. The number of hydrogen-bond acceptors (Lipinski definition) is 3. The monoisotopic (exact) mass is 260 g/mol. The summed E-state index contributed by atoms with van der Waals surface area (Å²) in [4.78, 5) is 13.0. The predicted octanol–water partition coefficient (Wildman–Crippen LogP) is 1.44. The highest BCUT2D eigenvalue weighted by atomic mass is 35.5. The molecule has 90 valence electrons. The van der Waals surface area contributed by atoms with Gasteiger partial charge in [0.15, 0.2) is 0 Å². The minimum absolute atomic E-state index is 0. The van der Waals surface area contributed by atoms with E-state index in [2.05, 4.69) is 22.1 Å². The van der Waals surface area contributed by atoms with Crippen LogP contribution in [0.2, 0.25) is 0 Å². The van der Waals surface area contributed by atoms with Gasteiger partial charge in [-0.15, -0.1) is 23.7 Å². The summed E-state index contributed by atoms with van der Waals surface area (Å²) < 4.78 is 0. The highest BCUT2D eigenvalue weighted by Crippen LogP contribution is 2.09. The third-order valence-corrected chi connectivity index (χ3v) is 3.62. The van der Waals surface area contributed by atoms with Crippen LogP contribution in [-0.4, -0.2) is 25.5 Å². The fraction of sp³-hybridized carbons (Fsp3) is 0.545. The van der Waals surface area contributed by atoms with Gasteiger partial charge in [-0.2, -0.15) is 0 Å². The van der Waals surface area contributed by atoms with E-state index in [1.165, 1.54) is 4.88 Å². The van der Waals surface area contributed by atoms with Gasteiger partial charge in [-0.05, 0) is 30.8 Å². The molecule has 1 saturated heterocycles. The Balaban J connectivity index is 0.00000128. The zero-order valence-electron chi connectivity index (χ0n) is 9.07. The third-order valence-electron chi connectivity index (χ3n) is 2.68. The Bertz CT molecular complexity index is 310. The molecule has 0 bridgehead atoms. The van der Waals surface area contributed by atoms with Crippen LogP contribution >= 0.6 is 23.7 Å². The lowest BCUT2D eigenvalue weighted by molar-refractivity contribution is -0.124. The number of halogens is 1. The maximum absolute atomic E-state index is 11.6. The topological polar surface area (TPSA) is 41.1 Å². The first kappa shape index (κ1) is 13.5. The maximum atomic E-state index is 11.6. The number of amides is 1. The Kier molecular flexibility index (Phi) is 5.80. The van der Waals surface area contributed by atoms with Gasteiger partial charge < -0.3 is 10.6 Å². The van der Waals surface area contributed by atoms with Gasteiger partial charge in [0.2, 0.25) is 5.91 Å². The first-order chi connectivity index (χ1) is 7.36. The van der Waals surface area contributed by atoms with Gasteiger partial charge in [-0.3, -0.25) is 4.79 Å². The smallest absolute Gasteiger partial charge is 0.224 e. The normalized spacial score (nSPS) is 19.1. The van der Waals surface area contributed by atoms with Crippen LogP contribution in [0, 0.1) is 5.92 Å². The van der Waals surface area contributed by atoms with Gasteiger partial charge >= 0.3 is 0 Å². The molecule has 1 unspecified atom stereocenters. The molecule has 1 amide bonds. The molecule has 5 heteroatoms. The van der Waals surface area contributed by atoms with Gasteiger partial charge in [0.1, 0.15) is 0 Å². The molecule has 0 saturated carbocycles. The average molecular weight is 261 g/mol. The van der Waals surface area contributed by atoms with Gasteiger partial charge in [0.05, 0.1) is 5.92 Å². The van der Waals surface area contributed by atoms with Crippen molar-refractivity contribution in [2.24, 2.45) is 5.92 Å². The van der Waals surface area contributed by atoms with Crippen LogP contribution in [0.15, 0.2) is 17.5 Å². The second-order valence-electron chi connectivity index (χ2n) is 3.81. The molecule has 2 rings (SSSR count). The first-order valence-electron chi connectivity index (χ1n) is 5.37. The Morgan fingerprint density at radius 1 is 1.62 bits per heavy atom. The van der Waals surface area contributed by atoms with Crippen molar-refractivity contribution in [1.29, 1.82) is 0 Å². The first-order valence-corrected chi connectivity index (χ1v) is 6.25. The summed E-state index contributed by atoms with van der Waals surface area (Å²) in [5.41, 5.74) is 0. The standard InChI is InChI=1S/C11H16N2OS.ClH/c14-11(9-3-5-12-8-9)13-6-4-10-2-1-7-15-10;/h1-2,7,9,12H,3-6,8H2,(H,13,14);1H. The van der Waals surface area contributed by atoms with E-state index in [1.54, 1.807) is 11.3 Å². The molecule has 1 aliphatic rings. The number of carbonyl (C=O) groups excluding carboxylic acids is 1. The molecule has 1 aliphatic heterocycles. The van der Waals surface area contributed by atoms with Crippen molar-refractivity contribution in [2.75, 3.05) is 19.6 Å². The van der Waals surface area contributed by atoms with Crippen LogP contribution < -0.4 is 10.6 Å². The van der Waals surface area contributed by atoms with E-state index < -0.39 is 0 Å². The summed E-state index contributed by atoms with van der Waals surface area (Å²) in [6.45, 7) is 2.57. The number of hydrogen-bond donors (Lipinski definition) is 2. The van der Waals surface area contributed by atoms with Crippen molar-refractivity contribution < 1.29 is 4.79 Å². The molecule has 2 heterocycles. The van der Waals surface area contributed by atoms with Crippen molar-refractivity contribution in [1.82, 2.24) is 10.6 Å². The van der Waals surface area contributed by atoms with Crippen molar-refractivity contribution in [2.45, 2.75) is 12.8 Å². The van der Waals surface area contributed by atoms with Crippen LogP contribution in [0.4, 0.5) is 0 Å². The molecule has 0 radical (unpaired) electrons. The minimum atomic E-state index is 0. The van der Waals surface area contributed by atoms with Crippen molar-refractivity contribution in [3.05, 3.63) is 22.4 Å². The average Bonchev–Trinajstić information content (AvgIpc) is 2.90. The second-order valence-corrected chi connectivity index (χ2v) is 4.84. The molecular formula is C11H17ClN2OS. The molecule has 0 spiro atoms. The summed E-state index contributed by atoms with van der Waals surface area (Å²) in [6.07, 6.45) is 1.92. The predicted molar refractivity (Wildman–Crippen MR) is 69.3 cm³/mol. The van der Waals surface area contributed by atoms with Crippen molar-refractivity contribution in [3.63, 3.8) is 0 Å². The third kappa shape index (κ3) is 3.77. The van der Waals surface area contributed by atoms with Gasteiger partial charge in [0.25, 0.3) is 0 Å². The number of nitrogens with one attached hydrogen (secondary N) is 2. The fourth-order valence-corrected chi connectivity index (χ4v) is 2.50. The quantitative estimate of drug-likeness (QED) is 0.860. The van der Waals surface area contributed by atoms with E-state index in [1.807, 2.05) is 6.07 Å². The maximum Gasteiger partial charge on any atom is 0.224 e. The molecular weight excluding hydrogens is 244 g/mol. The van der Waals surface area contributed by atoms with Crippen LogP contribution in [0.3, 0.4) is 0 Å².